The van der Waals surface area contributed by atoms with E-state index in [1.807, 2.05) is 166 Å². The van der Waals surface area contributed by atoms with Gasteiger partial charge in [-0.15, -0.1) is 0 Å². The summed E-state index contributed by atoms with van der Waals surface area (Å²) in [6.45, 7) is -18.6. The molecule has 10 aromatic rings. The van der Waals surface area contributed by atoms with Gasteiger partial charge in [-0.25, -0.2) is 4.98 Å². The first-order chi connectivity index (χ1) is 41.0. The van der Waals surface area contributed by atoms with Crippen molar-refractivity contribution in [2.45, 2.75) is 78.1 Å². The lowest BCUT2D eigenvalue weighted by Gasteiger charge is -2.28. The van der Waals surface area contributed by atoms with Gasteiger partial charge >= 0.3 is 0 Å². The van der Waals surface area contributed by atoms with E-state index in [9.17, 15) is 5.11 Å². The maximum atomic E-state index is 13.1. The van der Waals surface area contributed by atoms with Crippen LogP contribution < -0.4 is 0 Å². The van der Waals surface area contributed by atoms with Crippen molar-refractivity contribution < 1.29 is 29.8 Å². The summed E-state index contributed by atoms with van der Waals surface area (Å²) in [6, 6.07) is 58.8. The molecule has 0 unspecified atom stereocenters. The van der Waals surface area contributed by atoms with Gasteiger partial charge in [0.05, 0.1) is 22.3 Å². The molecule has 4 heteroatoms. The molecule has 0 aliphatic rings. The third-order valence-electron chi connectivity index (χ3n) is 12.8. The van der Waals surface area contributed by atoms with E-state index in [2.05, 4.69) is 12.1 Å². The second-order valence-electron chi connectivity index (χ2n) is 18.7. The number of aromatic nitrogens is 3. The molecule has 70 heavy (non-hydrogen) atoms. The minimum Gasteiger partial charge on any atom is -0.507 e. The van der Waals surface area contributed by atoms with Crippen LogP contribution in [0.5, 0.6) is 5.75 Å². The van der Waals surface area contributed by atoms with E-state index in [1.165, 1.54) is 4.57 Å². The topological polar surface area (TPSA) is 50.9 Å². The largest absolute Gasteiger partial charge is 0.507 e. The fourth-order valence-electron chi connectivity index (χ4n) is 9.22. The molecule has 0 fully saturated rings. The molecule has 0 bridgehead atoms. The second-order valence-corrected chi connectivity index (χ2v) is 18.7. The molecular formula is C66H61N3O. The molecule has 0 saturated heterocycles. The molecule has 0 spiro atoms. The van der Waals surface area contributed by atoms with Crippen LogP contribution >= 0.6 is 0 Å². The summed E-state index contributed by atoms with van der Waals surface area (Å²) < 4.78 is 160. The smallest absolute Gasteiger partial charge is 0.149 e. The predicted molar refractivity (Wildman–Crippen MR) is 295 cm³/mol. The van der Waals surface area contributed by atoms with E-state index < -0.39 is 85.6 Å². The minimum absolute atomic E-state index is 0.173. The maximum absolute atomic E-state index is 13.1. The molecule has 0 radical (unpaired) electrons. The lowest BCUT2D eigenvalue weighted by Crippen LogP contribution is -2.17. The maximum Gasteiger partial charge on any atom is 0.149 e. The van der Waals surface area contributed by atoms with Crippen LogP contribution in [-0.4, -0.2) is 19.6 Å². The zero-order chi connectivity index (χ0) is 64.0. The van der Waals surface area contributed by atoms with Gasteiger partial charge in [0.25, 0.3) is 0 Å². The van der Waals surface area contributed by atoms with Crippen LogP contribution in [0.15, 0.2) is 200 Å². The predicted octanol–water partition coefficient (Wildman–Crippen LogP) is 17.7. The van der Waals surface area contributed by atoms with Gasteiger partial charge in [-0.1, -0.05) is 201 Å². The molecule has 2 heterocycles. The van der Waals surface area contributed by atoms with Crippen LogP contribution in [0.1, 0.15) is 103 Å². The number of rotatable bonds is 8. The molecule has 0 aliphatic carbocycles. The Morgan fingerprint density at radius 2 is 1.01 bits per heavy atom. The van der Waals surface area contributed by atoms with Crippen LogP contribution in [0.3, 0.4) is 0 Å². The van der Waals surface area contributed by atoms with E-state index in [0.717, 1.165) is 56.1 Å². The fourth-order valence-corrected chi connectivity index (χ4v) is 9.22. The second kappa shape index (κ2) is 17.9. The van der Waals surface area contributed by atoms with Crippen LogP contribution in [0, 0.1) is 0 Å². The number of phenols is 1. The average Bonchev–Trinajstić information content (AvgIpc) is 0.790. The zero-order valence-corrected chi connectivity index (χ0v) is 38.8. The summed E-state index contributed by atoms with van der Waals surface area (Å²) in [5.41, 5.74) is -1.18. The summed E-state index contributed by atoms with van der Waals surface area (Å²) in [4.78, 5) is 10.1. The Labute approximate surface area is 439 Å². The number of phenolic OH excluding ortho intramolecular Hbond substituents is 1. The third-order valence-corrected chi connectivity index (χ3v) is 12.8. The van der Waals surface area contributed by atoms with Gasteiger partial charge in [0.2, 0.25) is 0 Å². The molecule has 8 aromatic carbocycles. The van der Waals surface area contributed by atoms with E-state index in [4.69, 9.17) is 34.6 Å². The summed E-state index contributed by atoms with van der Waals surface area (Å²) >= 11 is 0. The standard InChI is InChI=1S/C66H61N3O/c1-64(2,3)52-40-56(62(70)58(41-52)66(7,8)9)63-68-61-55(26-19-27-60(61)69(63)53-32-33-54(47-24-17-12-18-25-47)57(42-53)65(4,5)6)50-36-49(44-22-15-11-16-23-44)37-51(38-50)59-39-48(34-35-67-59)46-30-28-45(29-31-46)43-20-13-10-14-21-43/h10-42,70H,1-9H3/i1D3,2D3,3D3,7D3,8D3,9D3. The van der Waals surface area contributed by atoms with Gasteiger partial charge in [-0.05, 0) is 132 Å². The first kappa shape index (κ1) is 29.3. The lowest BCUT2D eigenvalue weighted by atomic mass is 9.78. The van der Waals surface area contributed by atoms with Crippen molar-refractivity contribution in [1.82, 2.24) is 14.5 Å². The first-order valence-electron chi connectivity index (χ1n) is 31.9. The van der Waals surface area contributed by atoms with Gasteiger partial charge in [-0.3, -0.25) is 9.55 Å². The number of imidazole rings is 1. The quantitative estimate of drug-likeness (QED) is 0.165. The number of hydrogen-bond donors (Lipinski definition) is 1. The molecule has 1 N–H and O–H groups in total. The summed E-state index contributed by atoms with van der Waals surface area (Å²) in [5.74, 6) is -1.76. The number of hydrogen-bond acceptors (Lipinski definition) is 3. The van der Waals surface area contributed by atoms with Crippen molar-refractivity contribution in [3.05, 3.63) is 217 Å². The van der Waals surface area contributed by atoms with Gasteiger partial charge in [0.15, 0.2) is 0 Å². The highest BCUT2D eigenvalue weighted by atomic mass is 16.3. The molecule has 0 atom stereocenters. The average molecular weight is 930 g/mol. The van der Waals surface area contributed by atoms with E-state index in [0.29, 0.717) is 34.1 Å². The van der Waals surface area contributed by atoms with Gasteiger partial charge in [-0.2, -0.15) is 0 Å². The van der Waals surface area contributed by atoms with Crippen LogP contribution in [-0.2, 0) is 16.2 Å². The number of benzene rings is 8. The van der Waals surface area contributed by atoms with Gasteiger partial charge in [0.1, 0.15) is 11.6 Å². The van der Waals surface area contributed by atoms with Crippen LogP contribution in [0.25, 0.3) is 95.0 Å². The molecule has 346 valence electrons. The number of para-hydroxylation sites is 1. The third kappa shape index (κ3) is 8.98. The van der Waals surface area contributed by atoms with Crippen molar-refractivity contribution in [2.75, 3.05) is 0 Å². The number of fused-ring (bicyclic) bond motifs is 1. The summed E-state index contributed by atoms with van der Waals surface area (Å²) in [7, 11) is 0. The Bertz CT molecular complexity index is 4140. The SMILES string of the molecule is [2H]C([2H])([2H])C(c1cc(-c2nc3c(-c4cc(-c5ccccc5)cc(-c5cc(-c6ccc(-c7ccccc7)cc6)ccn5)c4)cccc3n2-c2ccc(-c3ccccc3)c(C(C)(C)C)c2)c(O)c(C(C([2H])([2H])[2H])(C([2H])([2H])[2H])C([2H])([2H])[2H])c1)(C([2H])([2H])[2H])C([2H])([2H])[2H]. The van der Waals surface area contributed by atoms with Crippen molar-refractivity contribution in [3.8, 4) is 89.7 Å². The monoisotopic (exact) mass is 930 g/mol. The molecule has 0 aliphatic heterocycles. The Hall–Kier alpha value is -7.82. The zero-order valence-electron chi connectivity index (χ0n) is 56.8. The summed E-state index contributed by atoms with van der Waals surface area (Å²) in [5, 5.41) is 13.1. The van der Waals surface area contributed by atoms with Crippen LogP contribution in [0.4, 0.5) is 0 Å². The fraction of sp³-hybridized carbons (Fsp3) is 0.182. The molecule has 0 saturated carbocycles. The van der Waals surface area contributed by atoms with Gasteiger partial charge < -0.3 is 5.11 Å². The molecular weight excluding hydrogens is 851 g/mol. The Morgan fingerprint density at radius 3 is 1.66 bits per heavy atom. The first-order valence-corrected chi connectivity index (χ1v) is 22.9. The number of nitrogens with zero attached hydrogens (tertiary/aromatic N) is 3. The summed E-state index contributed by atoms with van der Waals surface area (Å²) in [6.07, 6.45) is 1.72. The van der Waals surface area contributed by atoms with Crippen molar-refractivity contribution >= 4 is 11.0 Å². The molecule has 10 rings (SSSR count). The number of aromatic hydroxyl groups is 1. The minimum atomic E-state index is -4.14. The highest BCUT2D eigenvalue weighted by molar-refractivity contribution is 5.98. The lowest BCUT2D eigenvalue weighted by molar-refractivity contribution is 0.446. The highest BCUT2D eigenvalue weighted by Crippen LogP contribution is 2.46. The Morgan fingerprint density at radius 1 is 0.429 bits per heavy atom. The molecule has 4 nitrogen and oxygen atoms in total. The Kier molecular flexibility index (Phi) is 7.49. The van der Waals surface area contributed by atoms with Crippen molar-refractivity contribution in [2.24, 2.45) is 0 Å². The normalized spacial score (nSPS) is 17.0. The van der Waals surface area contributed by atoms with Crippen molar-refractivity contribution in [1.29, 1.82) is 0 Å². The van der Waals surface area contributed by atoms with E-state index in [-0.39, 0.29) is 11.0 Å². The van der Waals surface area contributed by atoms with Gasteiger partial charge in [0, 0.05) is 53.2 Å². The van der Waals surface area contributed by atoms with Crippen LogP contribution in [0.2, 0.25) is 0 Å². The Balaban J connectivity index is 1.34. The molecule has 0 amide bonds. The van der Waals surface area contributed by atoms with E-state index >= 15 is 0 Å². The van der Waals surface area contributed by atoms with E-state index in [1.54, 1.807) is 30.5 Å². The van der Waals surface area contributed by atoms with Crippen molar-refractivity contribution in [3.63, 3.8) is 0 Å². The molecule has 2 aromatic heterocycles. The highest BCUT2D eigenvalue weighted by Gasteiger charge is 2.30. The number of pyridine rings is 1.